The van der Waals surface area contributed by atoms with Gasteiger partial charge in [-0.15, -0.1) is 0 Å². The molecule has 2 rings (SSSR count). The van der Waals surface area contributed by atoms with Gasteiger partial charge < -0.3 is 0 Å². The molecule has 0 bridgehead atoms. The van der Waals surface area contributed by atoms with Crippen molar-refractivity contribution < 1.29 is 0 Å². The van der Waals surface area contributed by atoms with Crippen molar-refractivity contribution in [1.29, 1.82) is 0 Å². The van der Waals surface area contributed by atoms with Crippen LogP contribution in [0.1, 0.15) is 67.2 Å². The minimum Gasteiger partial charge on any atom is -0.0651 e. The van der Waals surface area contributed by atoms with Gasteiger partial charge >= 0.3 is 0 Å². The SMILES string of the molecule is CCC(CC1(C)CC1C)C(C)C1CC(C)C1C. The second-order valence-electron chi connectivity index (χ2n) is 7.73. The van der Waals surface area contributed by atoms with E-state index >= 15 is 0 Å². The Balaban J connectivity index is 1.90. The summed E-state index contributed by atoms with van der Waals surface area (Å²) in [5.41, 5.74) is 0.702. The first-order chi connectivity index (χ1) is 7.89. The van der Waals surface area contributed by atoms with Crippen molar-refractivity contribution in [2.45, 2.75) is 67.2 Å². The van der Waals surface area contributed by atoms with Gasteiger partial charge in [-0.3, -0.25) is 0 Å². The molecule has 0 radical (unpaired) electrons. The second-order valence-corrected chi connectivity index (χ2v) is 7.73. The van der Waals surface area contributed by atoms with E-state index in [0.29, 0.717) is 5.41 Å². The minimum atomic E-state index is 0.702. The zero-order valence-corrected chi connectivity index (χ0v) is 12.8. The first kappa shape index (κ1) is 13.4. The predicted molar refractivity (Wildman–Crippen MR) is 75.9 cm³/mol. The average Bonchev–Trinajstić information content (AvgIpc) is 2.89. The minimum absolute atomic E-state index is 0.702. The van der Waals surface area contributed by atoms with Gasteiger partial charge in [-0.1, -0.05) is 48.0 Å². The van der Waals surface area contributed by atoms with Crippen LogP contribution in [0.5, 0.6) is 0 Å². The topological polar surface area (TPSA) is 0 Å². The van der Waals surface area contributed by atoms with Gasteiger partial charge in [-0.2, -0.15) is 0 Å². The van der Waals surface area contributed by atoms with Crippen LogP contribution in [0.4, 0.5) is 0 Å². The standard InChI is InChI=1S/C17H32/c1-7-15(10-17(6)9-12(17)3)14(5)16-8-11(2)13(16)4/h11-16H,7-10H2,1-6H3. The van der Waals surface area contributed by atoms with E-state index in [2.05, 4.69) is 41.5 Å². The molecule has 2 aliphatic rings. The lowest BCUT2D eigenvalue weighted by molar-refractivity contribution is 0.0214. The third-order valence-corrected chi connectivity index (χ3v) is 6.69. The van der Waals surface area contributed by atoms with Crippen LogP contribution in [0.3, 0.4) is 0 Å². The lowest BCUT2D eigenvalue weighted by Crippen LogP contribution is -2.39. The van der Waals surface area contributed by atoms with Crippen LogP contribution in [-0.2, 0) is 0 Å². The maximum atomic E-state index is 2.54. The Morgan fingerprint density at radius 2 is 1.82 bits per heavy atom. The molecule has 2 aliphatic carbocycles. The molecule has 0 nitrogen and oxygen atoms in total. The molecule has 0 spiro atoms. The van der Waals surface area contributed by atoms with E-state index in [1.54, 1.807) is 0 Å². The maximum Gasteiger partial charge on any atom is -0.0294 e. The molecule has 0 amide bonds. The van der Waals surface area contributed by atoms with Gasteiger partial charge in [-0.25, -0.2) is 0 Å². The second kappa shape index (κ2) is 4.59. The molecule has 0 heteroatoms. The van der Waals surface area contributed by atoms with Gasteiger partial charge in [-0.05, 0) is 60.2 Å². The molecule has 0 aromatic rings. The van der Waals surface area contributed by atoms with E-state index < -0.39 is 0 Å². The quantitative estimate of drug-likeness (QED) is 0.601. The Morgan fingerprint density at radius 1 is 1.24 bits per heavy atom. The highest BCUT2D eigenvalue weighted by atomic mass is 14.5. The van der Waals surface area contributed by atoms with E-state index in [-0.39, 0.29) is 0 Å². The summed E-state index contributed by atoms with van der Waals surface area (Å²) in [6.45, 7) is 14.8. The summed E-state index contributed by atoms with van der Waals surface area (Å²) in [6, 6.07) is 0. The molecule has 100 valence electrons. The predicted octanol–water partition coefficient (Wildman–Crippen LogP) is 5.38. The molecule has 0 aromatic carbocycles. The van der Waals surface area contributed by atoms with Gasteiger partial charge in [0.05, 0.1) is 0 Å². The number of hydrogen-bond donors (Lipinski definition) is 0. The highest BCUT2D eigenvalue weighted by Crippen LogP contribution is 2.58. The van der Waals surface area contributed by atoms with Crippen LogP contribution in [0, 0.1) is 40.9 Å². The van der Waals surface area contributed by atoms with Crippen LogP contribution in [-0.4, -0.2) is 0 Å². The van der Waals surface area contributed by atoms with Crippen molar-refractivity contribution >= 4 is 0 Å². The summed E-state index contributed by atoms with van der Waals surface area (Å²) in [6.07, 6.45) is 5.85. The first-order valence-corrected chi connectivity index (χ1v) is 7.89. The Kier molecular flexibility index (Phi) is 3.63. The third-order valence-electron chi connectivity index (χ3n) is 6.69. The zero-order valence-electron chi connectivity index (χ0n) is 12.8. The molecule has 2 fully saturated rings. The molecular formula is C17H32. The molecule has 7 unspecified atom stereocenters. The van der Waals surface area contributed by atoms with Gasteiger partial charge in [0, 0.05) is 0 Å². The molecule has 17 heavy (non-hydrogen) atoms. The molecule has 2 saturated carbocycles. The van der Waals surface area contributed by atoms with Crippen molar-refractivity contribution in [3.05, 3.63) is 0 Å². The van der Waals surface area contributed by atoms with E-state index in [4.69, 9.17) is 0 Å². The Morgan fingerprint density at radius 3 is 2.18 bits per heavy atom. The fourth-order valence-corrected chi connectivity index (χ4v) is 4.35. The normalized spacial score (nSPS) is 48.4. The van der Waals surface area contributed by atoms with Crippen LogP contribution in [0.25, 0.3) is 0 Å². The highest BCUT2D eigenvalue weighted by molar-refractivity contribution is 4.99. The Hall–Kier alpha value is 0. The molecule has 0 aromatic heterocycles. The number of hydrogen-bond acceptors (Lipinski definition) is 0. The van der Waals surface area contributed by atoms with Crippen LogP contribution in [0.15, 0.2) is 0 Å². The van der Waals surface area contributed by atoms with E-state index in [1.165, 1.54) is 25.7 Å². The van der Waals surface area contributed by atoms with Crippen molar-refractivity contribution in [2.75, 3.05) is 0 Å². The third kappa shape index (κ3) is 2.42. The molecule has 0 N–H and O–H groups in total. The molecule has 0 saturated heterocycles. The smallest absolute Gasteiger partial charge is 0.0294 e. The maximum absolute atomic E-state index is 2.54. The van der Waals surface area contributed by atoms with Gasteiger partial charge in [0.25, 0.3) is 0 Å². The largest absolute Gasteiger partial charge is 0.0651 e. The van der Waals surface area contributed by atoms with Gasteiger partial charge in [0.1, 0.15) is 0 Å². The van der Waals surface area contributed by atoms with Gasteiger partial charge in [0.2, 0.25) is 0 Å². The first-order valence-electron chi connectivity index (χ1n) is 7.89. The molecule has 0 heterocycles. The molecular weight excluding hydrogens is 204 g/mol. The molecule has 0 aliphatic heterocycles. The molecule has 7 atom stereocenters. The number of rotatable bonds is 5. The summed E-state index contributed by atoms with van der Waals surface area (Å²) in [5, 5.41) is 0. The summed E-state index contributed by atoms with van der Waals surface area (Å²) in [7, 11) is 0. The summed E-state index contributed by atoms with van der Waals surface area (Å²) in [5.74, 6) is 5.90. The lowest BCUT2D eigenvalue weighted by Gasteiger charge is -2.47. The van der Waals surface area contributed by atoms with Crippen LogP contribution in [0.2, 0.25) is 0 Å². The fourth-order valence-electron chi connectivity index (χ4n) is 4.35. The van der Waals surface area contributed by atoms with E-state index in [1.807, 2.05) is 0 Å². The summed E-state index contributed by atoms with van der Waals surface area (Å²) >= 11 is 0. The Labute approximate surface area is 109 Å². The lowest BCUT2D eigenvalue weighted by atomic mass is 9.58. The highest BCUT2D eigenvalue weighted by Gasteiger charge is 2.49. The van der Waals surface area contributed by atoms with E-state index in [0.717, 1.165) is 35.5 Å². The van der Waals surface area contributed by atoms with Crippen LogP contribution >= 0.6 is 0 Å². The fraction of sp³-hybridized carbons (Fsp3) is 1.00. The van der Waals surface area contributed by atoms with E-state index in [9.17, 15) is 0 Å². The zero-order chi connectivity index (χ0) is 12.8. The van der Waals surface area contributed by atoms with Crippen LogP contribution < -0.4 is 0 Å². The monoisotopic (exact) mass is 236 g/mol. The summed E-state index contributed by atoms with van der Waals surface area (Å²) in [4.78, 5) is 0. The van der Waals surface area contributed by atoms with Crippen molar-refractivity contribution in [3.8, 4) is 0 Å². The summed E-state index contributed by atoms with van der Waals surface area (Å²) < 4.78 is 0. The van der Waals surface area contributed by atoms with Crippen molar-refractivity contribution in [3.63, 3.8) is 0 Å². The van der Waals surface area contributed by atoms with Crippen molar-refractivity contribution in [2.24, 2.45) is 40.9 Å². The average molecular weight is 236 g/mol. The van der Waals surface area contributed by atoms with Gasteiger partial charge in [0.15, 0.2) is 0 Å². The van der Waals surface area contributed by atoms with Crippen molar-refractivity contribution in [1.82, 2.24) is 0 Å². The Bertz CT molecular complexity index is 269.